The van der Waals surface area contributed by atoms with Gasteiger partial charge in [-0.25, -0.2) is 0 Å². The van der Waals surface area contributed by atoms with Crippen LogP contribution < -0.4 is 90.8 Å². The summed E-state index contributed by atoms with van der Waals surface area (Å²) in [5, 5.41) is 77.4. The molecule has 0 aliphatic carbocycles. The van der Waals surface area contributed by atoms with Crippen LogP contribution in [0.3, 0.4) is 0 Å². The molecule has 4 aromatic rings. The van der Waals surface area contributed by atoms with Gasteiger partial charge in [-0.1, -0.05) is 48.6 Å². The Bertz CT molecular complexity index is 1780. The number of carbonyl (C=O) groups excluding carboxylic acids is 4. The summed E-state index contributed by atoms with van der Waals surface area (Å²) in [5.41, 5.74) is 2.46. The van der Waals surface area contributed by atoms with Crippen molar-refractivity contribution in [2.24, 2.45) is 0 Å². The largest absolute Gasteiger partial charge is 3.00 e. The molecule has 4 N–H and O–H groups in total. The molecule has 0 atom stereocenters. The van der Waals surface area contributed by atoms with Crippen LogP contribution in [0, 0.1) is 0 Å². The van der Waals surface area contributed by atoms with Crippen LogP contribution in [0.15, 0.2) is 97.1 Å². The Labute approximate surface area is 393 Å². The second-order valence-electron chi connectivity index (χ2n) is 10.3. The molecule has 0 amide bonds. The van der Waals surface area contributed by atoms with E-state index in [2.05, 4.69) is 0 Å². The molecule has 2 radical (unpaired) electrons. The Morgan fingerprint density at radius 3 is 0.724 bits per heavy atom. The van der Waals surface area contributed by atoms with E-state index >= 15 is 0 Å². The van der Waals surface area contributed by atoms with E-state index in [0.29, 0.717) is 45.3 Å². The molecule has 58 heavy (non-hydrogen) atoms. The van der Waals surface area contributed by atoms with E-state index in [1.165, 1.54) is 101 Å². The number of rotatable bonds is 12. The van der Waals surface area contributed by atoms with Gasteiger partial charge in [0.05, 0.1) is 52.3 Å². The van der Waals surface area contributed by atoms with Gasteiger partial charge in [0.15, 0.2) is 46.0 Å². The normalized spacial score (nSPS) is 10.0. The van der Waals surface area contributed by atoms with Crippen LogP contribution in [-0.4, -0.2) is 97.2 Å². The number of hydrogen-bond acceptors (Lipinski definition) is 16. The van der Waals surface area contributed by atoms with E-state index in [1.807, 2.05) is 0 Å². The molecule has 0 unspecified atom stereocenters. The fourth-order valence-corrected chi connectivity index (χ4v) is 3.85. The van der Waals surface area contributed by atoms with Crippen molar-refractivity contribution >= 4 is 72.6 Å². The number of carboxylic acids is 4. The van der Waals surface area contributed by atoms with Crippen molar-refractivity contribution in [3.8, 4) is 46.0 Å². The van der Waals surface area contributed by atoms with Crippen molar-refractivity contribution in [1.29, 1.82) is 0 Å². The molecule has 0 saturated carbocycles. The molecule has 18 heteroatoms. The van der Waals surface area contributed by atoms with Gasteiger partial charge < -0.3 is 79.0 Å². The summed E-state index contributed by atoms with van der Waals surface area (Å²) >= 11 is 0. The van der Waals surface area contributed by atoms with E-state index < -0.39 is 23.9 Å². The fraction of sp³-hybridized carbons (Fsp3) is 0.100. The Morgan fingerprint density at radius 2 is 0.586 bits per heavy atom. The predicted molar refractivity (Wildman–Crippen MR) is 201 cm³/mol. The number of carbonyl (C=O) groups is 4. The van der Waals surface area contributed by atoms with E-state index in [1.54, 1.807) is 24.3 Å². The molecule has 0 aliphatic heterocycles. The maximum absolute atomic E-state index is 10.1. The summed E-state index contributed by atoms with van der Waals surface area (Å²) in [4.78, 5) is 40.5. The summed E-state index contributed by atoms with van der Waals surface area (Å²) < 4.78 is 19.4. The molecule has 0 bridgehead atoms. The van der Waals surface area contributed by atoms with Gasteiger partial charge in [0.25, 0.3) is 0 Å². The van der Waals surface area contributed by atoms with Crippen LogP contribution in [0.25, 0.3) is 24.3 Å². The number of ether oxygens (including phenoxy) is 4. The average molecular weight is 934 g/mol. The summed E-state index contributed by atoms with van der Waals surface area (Å²) in [6.45, 7) is 0. The molecule has 4 aromatic carbocycles. The van der Waals surface area contributed by atoms with Crippen LogP contribution >= 0.6 is 0 Å². The zero-order valence-corrected chi connectivity index (χ0v) is 37.4. The van der Waals surface area contributed by atoms with Gasteiger partial charge in [-0.2, -0.15) is 0 Å². The van der Waals surface area contributed by atoms with Gasteiger partial charge in [-0.3, -0.25) is 0 Å². The molecule has 0 fully saturated rings. The van der Waals surface area contributed by atoms with E-state index in [4.69, 9.17) is 18.9 Å². The number of aliphatic carboxylic acids is 4. The number of carboxylic acid groups (broad SMARTS) is 4. The number of methoxy groups -OCH3 is 4. The first-order valence-corrected chi connectivity index (χ1v) is 15.6. The minimum atomic E-state index is -1.27. The van der Waals surface area contributed by atoms with E-state index in [-0.39, 0.29) is 98.8 Å². The van der Waals surface area contributed by atoms with Crippen molar-refractivity contribution in [3.05, 3.63) is 119 Å². The van der Waals surface area contributed by atoms with Crippen molar-refractivity contribution in [2.75, 3.05) is 28.4 Å². The molecule has 0 saturated heterocycles. The number of hydrogen-bond donors (Lipinski definition) is 4. The van der Waals surface area contributed by atoms with Crippen molar-refractivity contribution in [3.63, 3.8) is 0 Å². The Hall–Kier alpha value is -5.43. The minimum absolute atomic E-state index is 0. The standard InChI is InChI=1S/4C10H10O4.K.Sb/c4*1-14-9-6-7(2-4-8(9)11)3-5-10(12)13;;/h4*2-6,11H,1H3,(H,12,13);;/q;;;;+1;+3/p-4/b4*5-3+;;. The number of phenols is 4. The first-order valence-electron chi connectivity index (χ1n) is 15.6. The Morgan fingerprint density at radius 1 is 0.414 bits per heavy atom. The molecule has 0 aromatic heterocycles. The summed E-state index contributed by atoms with van der Waals surface area (Å²) in [5.74, 6) is -3.83. The van der Waals surface area contributed by atoms with Crippen molar-refractivity contribution < 1.29 is 130 Å². The van der Waals surface area contributed by atoms with Crippen LogP contribution in [-0.2, 0) is 19.2 Å². The molecule has 0 heterocycles. The van der Waals surface area contributed by atoms with Gasteiger partial charge in [0.1, 0.15) is 0 Å². The van der Waals surface area contributed by atoms with Crippen LogP contribution in [0.2, 0.25) is 0 Å². The van der Waals surface area contributed by atoms with Crippen molar-refractivity contribution in [2.45, 2.75) is 0 Å². The van der Waals surface area contributed by atoms with Gasteiger partial charge in [-0.15, -0.1) is 0 Å². The second kappa shape index (κ2) is 29.8. The second-order valence-corrected chi connectivity index (χ2v) is 10.3. The topological polar surface area (TPSA) is 278 Å². The number of aromatic hydroxyl groups is 4. The first kappa shape index (κ1) is 54.7. The molecule has 0 aliphatic rings. The van der Waals surface area contributed by atoms with Gasteiger partial charge in [0.2, 0.25) is 0 Å². The molecular weight excluding hydrogens is 897 g/mol. The fourth-order valence-electron chi connectivity index (χ4n) is 3.85. The zero-order chi connectivity index (χ0) is 42.2. The molecule has 16 nitrogen and oxygen atoms in total. The number of benzene rings is 4. The minimum Gasteiger partial charge on any atom is -0.545 e. The summed E-state index contributed by atoms with van der Waals surface area (Å²) in [6.07, 6.45) is 9.07. The van der Waals surface area contributed by atoms with Gasteiger partial charge in [0, 0.05) is 0 Å². The van der Waals surface area contributed by atoms with Gasteiger partial charge in [-0.05, 0) is 95.1 Å². The van der Waals surface area contributed by atoms with Crippen LogP contribution in [0.1, 0.15) is 22.3 Å². The third-order valence-corrected chi connectivity index (χ3v) is 6.46. The average Bonchev–Trinajstić information content (AvgIpc) is 3.17. The maximum Gasteiger partial charge on any atom is 3.00 e. The summed E-state index contributed by atoms with van der Waals surface area (Å²) in [6, 6.07) is 18.1. The van der Waals surface area contributed by atoms with Crippen molar-refractivity contribution in [1.82, 2.24) is 0 Å². The Balaban J connectivity index is 0. The first-order chi connectivity index (χ1) is 26.5. The number of phenolic OH excluding ortho intramolecular Hbond substituents is 4. The molecule has 298 valence electrons. The van der Waals surface area contributed by atoms with Gasteiger partial charge >= 0.3 is 75.8 Å². The Kier molecular flexibility index (Phi) is 28.1. The molecule has 4 rings (SSSR count). The third kappa shape index (κ3) is 22.3. The van der Waals surface area contributed by atoms with E-state index in [9.17, 15) is 60.0 Å². The smallest absolute Gasteiger partial charge is 0.545 e. The van der Waals surface area contributed by atoms with Crippen LogP contribution in [0.5, 0.6) is 46.0 Å². The van der Waals surface area contributed by atoms with Crippen LogP contribution in [0.4, 0.5) is 0 Å². The maximum atomic E-state index is 10.1. The third-order valence-electron chi connectivity index (χ3n) is 6.46. The SMILES string of the molecule is COc1cc(/C=C/C(=O)[O-])ccc1O.COc1cc(/C=C/C(=O)[O-])ccc1O.COc1cc(/C=C/C(=O)[O-])ccc1O.COc1cc(/C=C/C(=O)[O-])ccc1O.[K+].[Sb+3]. The zero-order valence-electron chi connectivity index (χ0n) is 31.7. The molecular formula is C40H36KO16Sb. The quantitative estimate of drug-likeness (QED) is 0.0830. The predicted octanol–water partition coefficient (Wildman–Crippen LogP) is -2.72. The monoisotopic (exact) mass is 932 g/mol. The molecule has 0 spiro atoms. The van der Waals surface area contributed by atoms with E-state index in [0.717, 1.165) is 24.3 Å². The summed E-state index contributed by atoms with van der Waals surface area (Å²) in [7, 11) is 5.67.